The molecule has 0 spiro atoms. The summed E-state index contributed by atoms with van der Waals surface area (Å²) in [7, 11) is 0. The maximum Gasteiger partial charge on any atom is 0.304 e. The lowest BCUT2D eigenvalue weighted by atomic mass is 9.96. The third-order valence-electron chi connectivity index (χ3n) is 3.98. The zero-order chi connectivity index (χ0) is 16.2. The molecule has 3 heteroatoms. The van der Waals surface area contributed by atoms with Crippen molar-refractivity contribution in [1.29, 1.82) is 0 Å². The molecule has 0 heterocycles. The molecule has 0 saturated carbocycles. The number of benzene rings is 1. The fraction of sp³-hybridized carbons (Fsp3) is 0.611. The van der Waals surface area contributed by atoms with Gasteiger partial charge in [0.2, 0.25) is 0 Å². The molecule has 1 aromatic rings. The van der Waals surface area contributed by atoms with Gasteiger partial charge in [0.1, 0.15) is 0 Å². The zero-order valence-corrected chi connectivity index (χ0v) is 14.2. The lowest BCUT2D eigenvalue weighted by molar-refractivity contribution is -0.137. The molecule has 0 radical (unpaired) electrons. The first-order valence-corrected chi connectivity index (χ1v) is 7.71. The van der Waals surface area contributed by atoms with E-state index in [1.54, 1.807) is 0 Å². The van der Waals surface area contributed by atoms with E-state index < -0.39 is 5.97 Å². The Labute approximate surface area is 129 Å². The fourth-order valence-electron chi connectivity index (χ4n) is 2.67. The van der Waals surface area contributed by atoms with E-state index in [2.05, 4.69) is 70.7 Å². The maximum atomic E-state index is 10.9. The zero-order valence-electron chi connectivity index (χ0n) is 14.2. The van der Waals surface area contributed by atoms with Crippen LogP contribution in [0.5, 0.6) is 0 Å². The maximum absolute atomic E-state index is 10.9. The highest BCUT2D eigenvalue weighted by molar-refractivity contribution is 5.66. The second kappa shape index (κ2) is 7.08. The van der Waals surface area contributed by atoms with Crippen LogP contribution in [0.15, 0.2) is 24.3 Å². The number of carbonyl (C=O) groups is 1. The molecule has 0 aromatic heterocycles. The van der Waals surface area contributed by atoms with Crippen molar-refractivity contribution < 1.29 is 9.90 Å². The third-order valence-corrected chi connectivity index (χ3v) is 3.98. The van der Waals surface area contributed by atoms with Gasteiger partial charge in [-0.2, -0.15) is 0 Å². The van der Waals surface area contributed by atoms with Crippen molar-refractivity contribution in [3.05, 3.63) is 35.4 Å². The molecule has 0 aliphatic rings. The summed E-state index contributed by atoms with van der Waals surface area (Å²) in [5.41, 5.74) is 2.50. The van der Waals surface area contributed by atoms with E-state index in [1.807, 2.05) is 0 Å². The molecule has 0 bridgehead atoms. The summed E-state index contributed by atoms with van der Waals surface area (Å²) in [5.74, 6) is -0.216. The van der Waals surface area contributed by atoms with Gasteiger partial charge >= 0.3 is 5.97 Å². The molecule has 1 aromatic carbocycles. The second-order valence-electron chi connectivity index (χ2n) is 7.01. The van der Waals surface area contributed by atoms with Gasteiger partial charge in [-0.25, -0.2) is 0 Å². The van der Waals surface area contributed by atoms with Crippen LogP contribution in [0.3, 0.4) is 0 Å². The second-order valence-corrected chi connectivity index (χ2v) is 7.01. The van der Waals surface area contributed by atoms with Crippen LogP contribution in [0.1, 0.15) is 71.0 Å². The van der Waals surface area contributed by atoms with E-state index in [9.17, 15) is 4.79 Å². The molecular formula is C18H29NO2. The van der Waals surface area contributed by atoms with Crippen LogP contribution in [0.4, 0.5) is 0 Å². The van der Waals surface area contributed by atoms with E-state index in [0.29, 0.717) is 12.5 Å². The Hall–Kier alpha value is -1.35. The van der Waals surface area contributed by atoms with Crippen LogP contribution in [0.25, 0.3) is 0 Å². The average molecular weight is 291 g/mol. The highest BCUT2D eigenvalue weighted by atomic mass is 16.4. The van der Waals surface area contributed by atoms with E-state index in [1.165, 1.54) is 11.1 Å². The summed E-state index contributed by atoms with van der Waals surface area (Å²) in [5, 5.41) is 8.95. The average Bonchev–Trinajstić information content (AvgIpc) is 2.36. The van der Waals surface area contributed by atoms with Crippen molar-refractivity contribution in [2.45, 2.75) is 65.5 Å². The van der Waals surface area contributed by atoms with E-state index in [0.717, 1.165) is 0 Å². The largest absolute Gasteiger partial charge is 0.481 e. The van der Waals surface area contributed by atoms with Gasteiger partial charge in [-0.05, 0) is 44.7 Å². The van der Waals surface area contributed by atoms with E-state index >= 15 is 0 Å². The number of rotatable bonds is 6. The van der Waals surface area contributed by atoms with Crippen molar-refractivity contribution in [1.82, 2.24) is 4.90 Å². The lowest BCUT2D eigenvalue weighted by Gasteiger charge is -2.40. The van der Waals surface area contributed by atoms with Crippen molar-refractivity contribution in [2.24, 2.45) is 0 Å². The van der Waals surface area contributed by atoms with Gasteiger partial charge < -0.3 is 5.11 Å². The molecule has 0 aliphatic heterocycles. The van der Waals surface area contributed by atoms with Crippen LogP contribution < -0.4 is 0 Å². The smallest absolute Gasteiger partial charge is 0.304 e. The number of hydrogen-bond acceptors (Lipinski definition) is 2. The molecule has 1 N–H and O–H groups in total. The van der Waals surface area contributed by atoms with Crippen molar-refractivity contribution in [3.8, 4) is 0 Å². The molecule has 1 atom stereocenters. The number of aliphatic carboxylic acids is 1. The Morgan fingerprint density at radius 3 is 1.95 bits per heavy atom. The normalized spacial score (nSPS) is 13.7. The van der Waals surface area contributed by atoms with Crippen LogP contribution >= 0.6 is 0 Å². The Bertz CT molecular complexity index is 457. The molecular weight excluding hydrogens is 262 g/mol. The highest BCUT2D eigenvalue weighted by Crippen LogP contribution is 2.29. The first-order chi connectivity index (χ1) is 9.62. The summed E-state index contributed by atoms with van der Waals surface area (Å²) in [4.78, 5) is 13.1. The third kappa shape index (κ3) is 5.16. The molecule has 0 saturated heterocycles. The summed E-state index contributed by atoms with van der Waals surface area (Å²) < 4.78 is 0. The summed E-state index contributed by atoms with van der Waals surface area (Å²) in [6.45, 7) is 13.5. The molecule has 3 nitrogen and oxygen atoms in total. The van der Waals surface area contributed by atoms with Crippen LogP contribution in [0.2, 0.25) is 0 Å². The predicted molar refractivity (Wildman–Crippen MR) is 87.7 cm³/mol. The van der Waals surface area contributed by atoms with E-state index in [4.69, 9.17) is 5.11 Å². The monoisotopic (exact) mass is 291 g/mol. The number of carboxylic acids is 1. The highest BCUT2D eigenvalue weighted by Gasteiger charge is 2.27. The number of nitrogens with zero attached hydrogens (tertiary/aromatic N) is 1. The quantitative estimate of drug-likeness (QED) is 0.842. The molecule has 1 rings (SSSR count). The molecule has 0 fully saturated rings. The number of carboxylic acid groups (broad SMARTS) is 1. The Morgan fingerprint density at radius 2 is 1.57 bits per heavy atom. The Balaban J connectivity index is 2.93. The first-order valence-electron chi connectivity index (χ1n) is 7.71. The fourth-order valence-corrected chi connectivity index (χ4v) is 2.67. The van der Waals surface area contributed by atoms with Crippen LogP contribution in [-0.2, 0) is 4.79 Å². The summed E-state index contributed by atoms with van der Waals surface area (Å²) in [6.07, 6.45) is 0.172. The van der Waals surface area contributed by atoms with Crippen molar-refractivity contribution in [3.63, 3.8) is 0 Å². The minimum atomic E-state index is -0.744. The summed E-state index contributed by atoms with van der Waals surface area (Å²) in [6, 6.07) is 8.88. The van der Waals surface area contributed by atoms with Gasteiger partial charge in [0.25, 0.3) is 0 Å². The molecule has 21 heavy (non-hydrogen) atoms. The first kappa shape index (κ1) is 17.7. The SMILES string of the molecule is CC(C)c1ccc(C(C)N(CCC(=O)O)C(C)(C)C)cc1. The Kier molecular flexibility index (Phi) is 5.97. The van der Waals surface area contributed by atoms with Gasteiger partial charge in [-0.15, -0.1) is 0 Å². The lowest BCUT2D eigenvalue weighted by Crippen LogP contribution is -2.44. The van der Waals surface area contributed by atoms with E-state index in [-0.39, 0.29) is 18.0 Å². The van der Waals surface area contributed by atoms with Crippen LogP contribution in [0, 0.1) is 0 Å². The topological polar surface area (TPSA) is 40.5 Å². The van der Waals surface area contributed by atoms with Crippen LogP contribution in [-0.4, -0.2) is 28.1 Å². The van der Waals surface area contributed by atoms with Gasteiger partial charge in [0.05, 0.1) is 6.42 Å². The molecule has 1 unspecified atom stereocenters. The van der Waals surface area contributed by atoms with Crippen molar-refractivity contribution >= 4 is 5.97 Å². The molecule has 0 aliphatic carbocycles. The van der Waals surface area contributed by atoms with Gasteiger partial charge in [-0.1, -0.05) is 38.1 Å². The van der Waals surface area contributed by atoms with Gasteiger partial charge in [0.15, 0.2) is 0 Å². The Morgan fingerprint density at radius 1 is 1.10 bits per heavy atom. The number of hydrogen-bond donors (Lipinski definition) is 1. The predicted octanol–water partition coefficient (Wildman–Crippen LogP) is 4.45. The molecule has 0 amide bonds. The minimum Gasteiger partial charge on any atom is -0.481 e. The minimum absolute atomic E-state index is 0.0639. The van der Waals surface area contributed by atoms with Gasteiger partial charge in [0, 0.05) is 18.1 Å². The summed E-state index contributed by atoms with van der Waals surface area (Å²) >= 11 is 0. The van der Waals surface area contributed by atoms with Crippen molar-refractivity contribution in [2.75, 3.05) is 6.54 Å². The van der Waals surface area contributed by atoms with Gasteiger partial charge in [-0.3, -0.25) is 9.69 Å². The standard InChI is InChI=1S/C18H29NO2/c1-13(2)15-7-9-16(10-8-15)14(3)19(18(4,5)6)12-11-17(20)21/h7-10,13-14H,11-12H2,1-6H3,(H,20,21). The molecule has 118 valence electrons.